The minimum absolute atomic E-state index is 0.0628. The average Bonchev–Trinajstić information content (AvgIpc) is 2.27. The number of hydrogen-bond acceptors (Lipinski definition) is 5. The van der Waals surface area contributed by atoms with Gasteiger partial charge in [-0.1, -0.05) is 6.58 Å². The van der Waals surface area contributed by atoms with Crippen molar-refractivity contribution in [2.45, 2.75) is 33.9 Å². The van der Waals surface area contributed by atoms with Crippen LogP contribution in [0.1, 0.15) is 27.7 Å². The summed E-state index contributed by atoms with van der Waals surface area (Å²) in [5.41, 5.74) is 0.558. The monoisotopic (exact) mass is 310 g/mol. The molecule has 0 aromatic carbocycles. The van der Waals surface area contributed by atoms with Crippen LogP contribution < -0.4 is 5.32 Å². The number of hydrogen-bond donors (Lipinski definition) is 1. The van der Waals surface area contributed by atoms with Crippen LogP contribution in [-0.2, 0) is 19.4 Å². The molecule has 0 aliphatic rings. The first kappa shape index (κ1) is 21.3. The summed E-state index contributed by atoms with van der Waals surface area (Å²) in [5, 5.41) is 2.90. The molecule has 1 unspecified atom stereocenters. The first-order chi connectivity index (χ1) is 8.87. The van der Waals surface area contributed by atoms with Crippen molar-refractivity contribution in [1.82, 2.24) is 5.32 Å². The van der Waals surface area contributed by atoms with E-state index < -0.39 is 10.4 Å². The number of quaternary nitrogens is 1. The molecule has 0 heterocycles. The van der Waals surface area contributed by atoms with E-state index in [0.717, 1.165) is 11.0 Å². The Balaban J connectivity index is 0. The van der Waals surface area contributed by atoms with Gasteiger partial charge in [0.25, 0.3) is 5.91 Å². The van der Waals surface area contributed by atoms with Gasteiger partial charge in [0.1, 0.15) is 0 Å². The van der Waals surface area contributed by atoms with Gasteiger partial charge in [0.15, 0.2) is 6.17 Å². The quantitative estimate of drug-likeness (QED) is 0.255. The maximum atomic E-state index is 11.3. The van der Waals surface area contributed by atoms with Crippen LogP contribution >= 0.6 is 0 Å². The fourth-order valence-electron chi connectivity index (χ4n) is 0.906. The molecule has 120 valence electrons. The molecule has 0 rings (SSSR count). The molecule has 7 nitrogen and oxygen atoms in total. The van der Waals surface area contributed by atoms with Crippen LogP contribution in [0.25, 0.3) is 0 Å². The van der Waals surface area contributed by atoms with E-state index in [-0.39, 0.29) is 18.7 Å². The van der Waals surface area contributed by atoms with E-state index in [1.165, 1.54) is 6.92 Å². The first-order valence-corrected chi connectivity index (χ1v) is 7.60. The van der Waals surface area contributed by atoms with Crippen LogP contribution in [0, 0.1) is 0 Å². The number of nitrogens with one attached hydrogen (secondary N) is 1. The Hall–Kier alpha value is -0.960. The summed E-state index contributed by atoms with van der Waals surface area (Å²) in [7, 11) is -0.251. The maximum Gasteiger partial charge on any atom is 0.250 e. The summed E-state index contributed by atoms with van der Waals surface area (Å²) >= 11 is 0. The molecule has 1 atom stereocenters. The van der Waals surface area contributed by atoms with Crippen molar-refractivity contribution in [3.05, 3.63) is 12.2 Å². The van der Waals surface area contributed by atoms with Gasteiger partial charge in [-0.05, 0) is 20.8 Å². The SMILES string of the molecule is C=C(C)C(=O)NC(C)[N+](C)(C)CC.CCOS(=O)(=O)[O-]. The average molecular weight is 310 g/mol. The molecule has 8 heteroatoms. The largest absolute Gasteiger partial charge is 0.726 e. The maximum absolute atomic E-state index is 11.3. The van der Waals surface area contributed by atoms with E-state index in [2.05, 4.69) is 37.1 Å². The zero-order chi connectivity index (χ0) is 16.6. The molecular formula is C12H26N2O5S. The van der Waals surface area contributed by atoms with Gasteiger partial charge >= 0.3 is 0 Å². The third-order valence-electron chi connectivity index (χ3n) is 2.85. The molecule has 0 fully saturated rings. The highest BCUT2D eigenvalue weighted by Gasteiger charge is 2.23. The topological polar surface area (TPSA) is 95.5 Å². The smallest absolute Gasteiger partial charge is 0.250 e. The molecule has 0 aromatic rings. The zero-order valence-electron chi connectivity index (χ0n) is 13.1. The van der Waals surface area contributed by atoms with E-state index in [4.69, 9.17) is 0 Å². The van der Waals surface area contributed by atoms with Gasteiger partial charge < -0.3 is 14.4 Å². The molecule has 0 radical (unpaired) electrons. The van der Waals surface area contributed by atoms with Gasteiger partial charge in [-0.3, -0.25) is 8.98 Å². The van der Waals surface area contributed by atoms with Crippen molar-refractivity contribution < 1.29 is 26.4 Å². The van der Waals surface area contributed by atoms with Crippen LogP contribution in [0.5, 0.6) is 0 Å². The van der Waals surface area contributed by atoms with Gasteiger partial charge in [0, 0.05) is 12.5 Å². The molecule has 1 N–H and O–H groups in total. The van der Waals surface area contributed by atoms with Crippen LogP contribution in [0.15, 0.2) is 12.2 Å². The molecule has 0 aliphatic heterocycles. The highest BCUT2D eigenvalue weighted by atomic mass is 32.3. The molecule has 0 saturated carbocycles. The van der Waals surface area contributed by atoms with Gasteiger partial charge in [-0.2, -0.15) is 0 Å². The Morgan fingerprint density at radius 3 is 2.05 bits per heavy atom. The summed E-state index contributed by atoms with van der Waals surface area (Å²) in [6.45, 7) is 11.7. The number of carbonyl (C=O) groups excluding carboxylic acids is 1. The van der Waals surface area contributed by atoms with E-state index in [1.807, 2.05) is 6.92 Å². The highest BCUT2D eigenvalue weighted by Crippen LogP contribution is 2.03. The summed E-state index contributed by atoms with van der Waals surface area (Å²) in [5.74, 6) is -0.0628. The Bertz CT molecular complexity index is 418. The summed E-state index contributed by atoms with van der Waals surface area (Å²) in [4.78, 5) is 11.3. The van der Waals surface area contributed by atoms with Crippen molar-refractivity contribution in [1.29, 1.82) is 0 Å². The fourth-order valence-corrected chi connectivity index (χ4v) is 1.19. The lowest BCUT2D eigenvalue weighted by Crippen LogP contribution is -2.55. The number of carbonyl (C=O) groups is 1. The van der Waals surface area contributed by atoms with Crippen LogP contribution in [0.4, 0.5) is 0 Å². The van der Waals surface area contributed by atoms with E-state index in [0.29, 0.717) is 5.57 Å². The van der Waals surface area contributed by atoms with Gasteiger partial charge in [-0.15, -0.1) is 0 Å². The molecule has 0 aromatic heterocycles. The Labute approximate surface area is 122 Å². The Morgan fingerprint density at radius 1 is 1.40 bits per heavy atom. The molecule has 0 bridgehead atoms. The van der Waals surface area contributed by atoms with Crippen LogP contribution in [0.3, 0.4) is 0 Å². The number of nitrogens with zero attached hydrogens (tertiary/aromatic N) is 1. The van der Waals surface area contributed by atoms with E-state index in [1.54, 1.807) is 6.92 Å². The lowest BCUT2D eigenvalue weighted by atomic mass is 10.3. The highest BCUT2D eigenvalue weighted by molar-refractivity contribution is 7.80. The molecule has 20 heavy (non-hydrogen) atoms. The van der Waals surface area contributed by atoms with Crippen LogP contribution in [-0.4, -0.2) is 56.8 Å². The van der Waals surface area contributed by atoms with Gasteiger partial charge in [0.2, 0.25) is 10.4 Å². The Morgan fingerprint density at radius 2 is 1.85 bits per heavy atom. The van der Waals surface area contributed by atoms with E-state index in [9.17, 15) is 17.8 Å². The van der Waals surface area contributed by atoms with Crippen molar-refractivity contribution in [3.8, 4) is 0 Å². The fraction of sp³-hybridized carbons (Fsp3) is 0.750. The predicted molar refractivity (Wildman–Crippen MR) is 76.4 cm³/mol. The molecular weight excluding hydrogens is 284 g/mol. The molecule has 0 spiro atoms. The van der Waals surface area contributed by atoms with E-state index >= 15 is 0 Å². The van der Waals surface area contributed by atoms with Crippen molar-refractivity contribution in [2.75, 3.05) is 27.2 Å². The lowest BCUT2D eigenvalue weighted by molar-refractivity contribution is -0.913. The predicted octanol–water partition coefficient (Wildman–Crippen LogP) is 0.604. The van der Waals surface area contributed by atoms with Crippen molar-refractivity contribution >= 4 is 16.3 Å². The van der Waals surface area contributed by atoms with Crippen LogP contribution in [0.2, 0.25) is 0 Å². The number of rotatable bonds is 6. The third kappa shape index (κ3) is 10.9. The van der Waals surface area contributed by atoms with Crippen molar-refractivity contribution in [2.24, 2.45) is 0 Å². The standard InChI is InChI=1S/C10H20N2O.C2H6O4S/c1-7-12(5,6)9(4)11-10(13)8(2)3;1-2-6-7(3,4)5/h9H,2,7H2,1,3-6H3;2H2,1H3,(H,3,4,5). The number of amides is 1. The van der Waals surface area contributed by atoms with Gasteiger partial charge in [-0.25, -0.2) is 8.42 Å². The molecule has 0 saturated heterocycles. The Kier molecular flexibility index (Phi) is 9.67. The zero-order valence-corrected chi connectivity index (χ0v) is 13.9. The molecule has 0 aliphatic carbocycles. The molecule has 1 amide bonds. The summed E-state index contributed by atoms with van der Waals surface area (Å²) in [6, 6.07) is 0. The normalized spacial score (nSPS) is 12.9. The second kappa shape index (κ2) is 9.06. The lowest BCUT2D eigenvalue weighted by Gasteiger charge is -2.35. The van der Waals surface area contributed by atoms with Crippen molar-refractivity contribution in [3.63, 3.8) is 0 Å². The third-order valence-corrected chi connectivity index (χ3v) is 3.38. The second-order valence-electron chi connectivity index (χ2n) is 4.84. The first-order valence-electron chi connectivity index (χ1n) is 6.26. The second-order valence-corrected chi connectivity index (χ2v) is 5.89. The minimum Gasteiger partial charge on any atom is -0.726 e. The summed E-state index contributed by atoms with van der Waals surface area (Å²) < 4.78 is 32.8. The van der Waals surface area contributed by atoms with Gasteiger partial charge in [0.05, 0.1) is 27.2 Å². The summed E-state index contributed by atoms with van der Waals surface area (Å²) in [6.07, 6.45) is 0.120. The minimum atomic E-state index is -4.42.